The first-order chi connectivity index (χ1) is 10.4. The Labute approximate surface area is 135 Å². The minimum absolute atomic E-state index is 0.0155. The Hall–Kier alpha value is -1.83. The van der Waals surface area contributed by atoms with Crippen molar-refractivity contribution in [2.24, 2.45) is 5.92 Å². The van der Waals surface area contributed by atoms with E-state index in [1.54, 1.807) is 34.6 Å². The molecule has 1 rings (SSSR count). The zero-order valence-corrected chi connectivity index (χ0v) is 14.2. The van der Waals surface area contributed by atoms with Crippen LogP contribution in [0.15, 0.2) is 0 Å². The van der Waals surface area contributed by atoms with E-state index in [4.69, 9.17) is 4.74 Å². The number of aliphatic carboxylic acids is 1. The standard InChI is InChI=1S/C15H26N2O6/c1-8(2)11(16-14(22)23-15(3,4)5)12(19)17-7-9(18)6-10(17)13(20)21/h8-11,18H,6-7H2,1-5H3,(H,16,22)(H,20,21)/t9-,10-,11-/m0/s1. The number of carboxylic acid groups (broad SMARTS) is 1. The monoisotopic (exact) mass is 330 g/mol. The largest absolute Gasteiger partial charge is 0.480 e. The molecule has 0 radical (unpaired) electrons. The van der Waals surface area contributed by atoms with Gasteiger partial charge in [-0.25, -0.2) is 9.59 Å². The van der Waals surface area contributed by atoms with Gasteiger partial charge in [0.25, 0.3) is 0 Å². The molecule has 1 heterocycles. The Bertz CT molecular complexity index is 471. The van der Waals surface area contributed by atoms with Crippen LogP contribution in [0.2, 0.25) is 0 Å². The second-order valence-electron chi connectivity index (χ2n) is 7.10. The highest BCUT2D eigenvalue weighted by Crippen LogP contribution is 2.21. The van der Waals surface area contributed by atoms with Gasteiger partial charge in [-0.15, -0.1) is 0 Å². The summed E-state index contributed by atoms with van der Waals surface area (Å²) in [5.41, 5.74) is -0.706. The second kappa shape index (κ2) is 7.16. The summed E-state index contributed by atoms with van der Waals surface area (Å²) in [6.45, 7) is 8.53. The van der Waals surface area contributed by atoms with Crippen LogP contribution in [0.25, 0.3) is 0 Å². The van der Waals surface area contributed by atoms with Crippen molar-refractivity contribution in [2.75, 3.05) is 6.54 Å². The van der Waals surface area contributed by atoms with Crippen molar-refractivity contribution in [3.8, 4) is 0 Å². The van der Waals surface area contributed by atoms with E-state index in [2.05, 4.69) is 5.32 Å². The van der Waals surface area contributed by atoms with E-state index < -0.39 is 41.8 Å². The van der Waals surface area contributed by atoms with Gasteiger partial charge in [0.2, 0.25) is 5.91 Å². The number of hydrogen-bond acceptors (Lipinski definition) is 5. The summed E-state index contributed by atoms with van der Waals surface area (Å²) in [7, 11) is 0. The molecule has 1 fully saturated rings. The van der Waals surface area contributed by atoms with Crippen LogP contribution >= 0.6 is 0 Å². The third-order valence-electron chi connectivity index (χ3n) is 3.45. The van der Waals surface area contributed by atoms with Gasteiger partial charge >= 0.3 is 12.1 Å². The molecule has 23 heavy (non-hydrogen) atoms. The van der Waals surface area contributed by atoms with Crippen molar-refractivity contribution in [2.45, 2.75) is 64.8 Å². The molecule has 0 unspecified atom stereocenters. The molecule has 1 aliphatic heterocycles. The van der Waals surface area contributed by atoms with Crippen molar-refractivity contribution >= 4 is 18.0 Å². The number of ether oxygens (including phenoxy) is 1. The Morgan fingerprint density at radius 2 is 1.83 bits per heavy atom. The number of likely N-dealkylation sites (tertiary alicyclic amines) is 1. The first kappa shape index (κ1) is 19.2. The summed E-state index contributed by atoms with van der Waals surface area (Å²) in [5, 5.41) is 21.3. The molecule has 2 amide bonds. The van der Waals surface area contributed by atoms with Gasteiger partial charge in [-0.1, -0.05) is 13.8 Å². The average molecular weight is 330 g/mol. The number of aliphatic hydroxyl groups excluding tert-OH is 1. The van der Waals surface area contributed by atoms with Crippen LogP contribution in [0.4, 0.5) is 4.79 Å². The number of nitrogens with zero attached hydrogens (tertiary/aromatic N) is 1. The van der Waals surface area contributed by atoms with E-state index >= 15 is 0 Å². The Morgan fingerprint density at radius 3 is 2.26 bits per heavy atom. The predicted molar refractivity (Wildman–Crippen MR) is 81.8 cm³/mol. The predicted octanol–water partition coefficient (Wildman–Crippen LogP) is 0.582. The lowest BCUT2D eigenvalue weighted by Crippen LogP contribution is -2.54. The number of carbonyl (C=O) groups is 3. The van der Waals surface area contributed by atoms with E-state index in [-0.39, 0.29) is 18.9 Å². The molecular formula is C15H26N2O6. The fourth-order valence-electron chi connectivity index (χ4n) is 2.42. The molecule has 0 saturated carbocycles. The number of β-amino-alcohol motifs (C(OH)–C–C–N with tert-alkyl or cyclic N) is 1. The summed E-state index contributed by atoms with van der Waals surface area (Å²) in [5.74, 6) is -1.97. The van der Waals surface area contributed by atoms with Crippen LogP contribution in [0, 0.1) is 5.92 Å². The SMILES string of the molecule is CC(C)[C@H](NC(=O)OC(C)(C)C)C(=O)N1C[C@@H](O)C[C@H]1C(=O)O. The van der Waals surface area contributed by atoms with Gasteiger partial charge in [-0.3, -0.25) is 4.79 Å². The number of nitrogens with one attached hydrogen (secondary N) is 1. The summed E-state index contributed by atoms with van der Waals surface area (Å²) in [6.07, 6.45) is -1.64. The number of aliphatic hydroxyl groups is 1. The van der Waals surface area contributed by atoms with E-state index in [0.717, 1.165) is 4.90 Å². The maximum absolute atomic E-state index is 12.6. The molecule has 0 aromatic heterocycles. The Kier molecular flexibility index (Phi) is 5.98. The van der Waals surface area contributed by atoms with Crippen LogP contribution in [0.3, 0.4) is 0 Å². The molecule has 8 heteroatoms. The topological polar surface area (TPSA) is 116 Å². The van der Waals surface area contributed by atoms with E-state index in [9.17, 15) is 24.6 Å². The van der Waals surface area contributed by atoms with Crippen molar-refractivity contribution in [1.82, 2.24) is 10.2 Å². The van der Waals surface area contributed by atoms with Crippen molar-refractivity contribution < 1.29 is 29.3 Å². The maximum atomic E-state index is 12.6. The molecule has 1 saturated heterocycles. The zero-order valence-electron chi connectivity index (χ0n) is 14.2. The fraction of sp³-hybridized carbons (Fsp3) is 0.800. The summed E-state index contributed by atoms with van der Waals surface area (Å²) < 4.78 is 5.14. The summed E-state index contributed by atoms with van der Waals surface area (Å²) >= 11 is 0. The molecule has 0 aliphatic carbocycles. The normalized spacial score (nSPS) is 22.8. The molecule has 8 nitrogen and oxygen atoms in total. The number of carboxylic acids is 1. The van der Waals surface area contributed by atoms with Crippen molar-refractivity contribution in [3.05, 3.63) is 0 Å². The lowest BCUT2D eigenvalue weighted by atomic mass is 10.0. The van der Waals surface area contributed by atoms with E-state index in [0.29, 0.717) is 0 Å². The molecule has 132 valence electrons. The molecule has 0 bridgehead atoms. The lowest BCUT2D eigenvalue weighted by molar-refractivity contribution is -0.149. The Balaban J connectivity index is 2.86. The highest BCUT2D eigenvalue weighted by molar-refractivity contribution is 5.90. The van der Waals surface area contributed by atoms with Crippen LogP contribution in [-0.2, 0) is 14.3 Å². The van der Waals surface area contributed by atoms with Crippen molar-refractivity contribution in [3.63, 3.8) is 0 Å². The first-order valence-corrected chi connectivity index (χ1v) is 7.63. The maximum Gasteiger partial charge on any atom is 0.408 e. The fourth-order valence-corrected chi connectivity index (χ4v) is 2.42. The molecule has 0 aromatic rings. The lowest BCUT2D eigenvalue weighted by Gasteiger charge is -2.30. The van der Waals surface area contributed by atoms with Gasteiger partial charge in [0.1, 0.15) is 17.7 Å². The number of amides is 2. The van der Waals surface area contributed by atoms with Gasteiger partial charge in [0.05, 0.1) is 6.10 Å². The third kappa shape index (κ3) is 5.38. The van der Waals surface area contributed by atoms with Gasteiger partial charge in [0, 0.05) is 13.0 Å². The third-order valence-corrected chi connectivity index (χ3v) is 3.45. The molecule has 0 spiro atoms. The first-order valence-electron chi connectivity index (χ1n) is 7.63. The molecule has 0 aromatic carbocycles. The smallest absolute Gasteiger partial charge is 0.408 e. The molecular weight excluding hydrogens is 304 g/mol. The zero-order chi connectivity index (χ0) is 17.9. The number of rotatable bonds is 4. The van der Waals surface area contributed by atoms with Crippen LogP contribution < -0.4 is 5.32 Å². The molecule has 3 N–H and O–H groups in total. The van der Waals surface area contributed by atoms with Crippen molar-refractivity contribution in [1.29, 1.82) is 0 Å². The van der Waals surface area contributed by atoms with E-state index in [1.807, 2.05) is 0 Å². The van der Waals surface area contributed by atoms with Crippen LogP contribution in [0.1, 0.15) is 41.0 Å². The average Bonchev–Trinajstić information content (AvgIpc) is 2.75. The summed E-state index contributed by atoms with van der Waals surface area (Å²) in [4.78, 5) is 36.9. The van der Waals surface area contributed by atoms with E-state index in [1.165, 1.54) is 0 Å². The quantitative estimate of drug-likeness (QED) is 0.694. The van der Waals surface area contributed by atoms with Gasteiger partial charge in [-0.2, -0.15) is 0 Å². The number of carbonyl (C=O) groups excluding carboxylic acids is 2. The number of alkyl carbamates (subject to hydrolysis) is 1. The van der Waals surface area contributed by atoms with Crippen LogP contribution in [0.5, 0.6) is 0 Å². The number of hydrogen-bond donors (Lipinski definition) is 3. The van der Waals surface area contributed by atoms with Crippen LogP contribution in [-0.4, -0.2) is 63.4 Å². The second-order valence-corrected chi connectivity index (χ2v) is 7.10. The highest BCUT2D eigenvalue weighted by Gasteiger charge is 2.42. The Morgan fingerprint density at radius 1 is 1.26 bits per heavy atom. The van der Waals surface area contributed by atoms with Gasteiger partial charge in [-0.05, 0) is 26.7 Å². The minimum Gasteiger partial charge on any atom is -0.480 e. The summed E-state index contributed by atoms with van der Waals surface area (Å²) in [6, 6.07) is -2.00. The van der Waals surface area contributed by atoms with Gasteiger partial charge < -0.3 is 25.2 Å². The molecule has 3 atom stereocenters. The van der Waals surface area contributed by atoms with Gasteiger partial charge in [0.15, 0.2) is 0 Å². The highest BCUT2D eigenvalue weighted by atomic mass is 16.6. The minimum atomic E-state index is -1.17. The molecule has 1 aliphatic rings.